The number of amides is 2. The maximum Gasteiger partial charge on any atom is 0.237 e. The van der Waals surface area contributed by atoms with Gasteiger partial charge in [-0.1, -0.05) is 44.2 Å². The first-order valence-corrected chi connectivity index (χ1v) is 10.1. The Morgan fingerprint density at radius 2 is 1.93 bits per heavy atom. The molecule has 0 bridgehead atoms. The van der Waals surface area contributed by atoms with Gasteiger partial charge in [0.05, 0.1) is 12.5 Å². The van der Waals surface area contributed by atoms with Gasteiger partial charge >= 0.3 is 0 Å². The molecule has 2 aromatic carbocycles. The summed E-state index contributed by atoms with van der Waals surface area (Å²) in [5.41, 5.74) is 1.04. The van der Waals surface area contributed by atoms with Gasteiger partial charge in [-0.3, -0.25) is 14.5 Å². The highest BCUT2D eigenvalue weighted by Crippen LogP contribution is 2.23. The summed E-state index contributed by atoms with van der Waals surface area (Å²) < 4.78 is 5.91. The van der Waals surface area contributed by atoms with Crippen molar-refractivity contribution in [3.63, 3.8) is 0 Å². The Morgan fingerprint density at radius 3 is 2.69 bits per heavy atom. The highest BCUT2D eigenvalue weighted by Gasteiger charge is 2.31. The molecule has 1 unspecified atom stereocenters. The van der Waals surface area contributed by atoms with Crippen LogP contribution in [-0.2, 0) is 16.1 Å². The van der Waals surface area contributed by atoms with Crippen molar-refractivity contribution < 1.29 is 14.3 Å². The lowest BCUT2D eigenvalue weighted by atomic mass is 10.1. The van der Waals surface area contributed by atoms with Gasteiger partial charge in [-0.15, -0.1) is 0 Å². The molecule has 0 aliphatic carbocycles. The van der Waals surface area contributed by atoms with Crippen LogP contribution in [0.3, 0.4) is 0 Å². The minimum Gasteiger partial charge on any atom is -0.457 e. The summed E-state index contributed by atoms with van der Waals surface area (Å²) in [6.45, 7) is 6.59. The Kier molecular flexibility index (Phi) is 7.25. The molecule has 1 aliphatic heterocycles. The summed E-state index contributed by atoms with van der Waals surface area (Å²) in [5.74, 6) is 1.73. The molecule has 0 aromatic heterocycles. The topological polar surface area (TPSA) is 70.7 Å². The summed E-state index contributed by atoms with van der Waals surface area (Å²) in [6, 6.07) is 17.0. The van der Waals surface area contributed by atoms with Crippen molar-refractivity contribution in [1.29, 1.82) is 0 Å². The van der Waals surface area contributed by atoms with Gasteiger partial charge in [0.2, 0.25) is 11.8 Å². The second kappa shape index (κ2) is 10.1. The van der Waals surface area contributed by atoms with Crippen molar-refractivity contribution in [3.8, 4) is 11.5 Å². The first-order valence-electron chi connectivity index (χ1n) is 10.1. The van der Waals surface area contributed by atoms with Crippen LogP contribution in [0.4, 0.5) is 0 Å². The highest BCUT2D eigenvalue weighted by atomic mass is 16.5. The van der Waals surface area contributed by atoms with Gasteiger partial charge in [0.25, 0.3) is 0 Å². The van der Waals surface area contributed by atoms with Crippen LogP contribution in [0.15, 0.2) is 54.6 Å². The molecular formula is C23H29N3O3. The zero-order chi connectivity index (χ0) is 20.6. The minimum absolute atomic E-state index is 0.0902. The van der Waals surface area contributed by atoms with E-state index in [1.807, 2.05) is 68.4 Å². The Morgan fingerprint density at radius 1 is 1.17 bits per heavy atom. The van der Waals surface area contributed by atoms with Crippen molar-refractivity contribution in [2.24, 2.45) is 5.92 Å². The third kappa shape index (κ3) is 6.32. The molecule has 1 aliphatic rings. The molecule has 1 heterocycles. The predicted molar refractivity (Wildman–Crippen MR) is 113 cm³/mol. The number of rotatable bonds is 8. The van der Waals surface area contributed by atoms with E-state index in [1.54, 1.807) is 0 Å². The number of carbonyl (C=O) groups excluding carboxylic acids is 2. The fourth-order valence-electron chi connectivity index (χ4n) is 3.31. The number of hydrogen-bond acceptors (Lipinski definition) is 4. The van der Waals surface area contributed by atoms with Gasteiger partial charge < -0.3 is 15.4 Å². The average Bonchev–Trinajstić information content (AvgIpc) is 2.70. The van der Waals surface area contributed by atoms with Crippen LogP contribution < -0.4 is 15.4 Å². The third-order valence-corrected chi connectivity index (χ3v) is 4.79. The van der Waals surface area contributed by atoms with Crippen LogP contribution in [0, 0.1) is 5.92 Å². The number of para-hydroxylation sites is 1. The Balaban J connectivity index is 1.65. The molecule has 6 nitrogen and oxygen atoms in total. The molecular weight excluding hydrogens is 366 g/mol. The van der Waals surface area contributed by atoms with Crippen LogP contribution in [0.2, 0.25) is 0 Å². The van der Waals surface area contributed by atoms with Crippen molar-refractivity contribution >= 4 is 11.8 Å². The monoisotopic (exact) mass is 395 g/mol. The van der Waals surface area contributed by atoms with Crippen LogP contribution in [0.1, 0.15) is 25.8 Å². The van der Waals surface area contributed by atoms with E-state index < -0.39 is 6.04 Å². The number of nitrogens with zero attached hydrogens (tertiary/aromatic N) is 1. The summed E-state index contributed by atoms with van der Waals surface area (Å²) in [4.78, 5) is 26.8. The van der Waals surface area contributed by atoms with E-state index in [9.17, 15) is 9.59 Å². The van der Waals surface area contributed by atoms with Crippen molar-refractivity contribution in [3.05, 3.63) is 60.2 Å². The summed E-state index contributed by atoms with van der Waals surface area (Å²) >= 11 is 0. The second-order valence-electron chi connectivity index (χ2n) is 7.74. The van der Waals surface area contributed by atoms with Crippen LogP contribution >= 0.6 is 0 Å². The van der Waals surface area contributed by atoms with Gasteiger partial charge in [-0.25, -0.2) is 0 Å². The molecule has 1 saturated heterocycles. The van der Waals surface area contributed by atoms with Gasteiger partial charge in [-0.05, 0) is 35.7 Å². The number of piperazine rings is 1. The van der Waals surface area contributed by atoms with E-state index >= 15 is 0 Å². The standard InChI is InChI=1S/C23H29N3O3/c1-17(2)15-25-22(27)14-21-23(28)24-11-12-26(21)16-18-7-6-10-20(13-18)29-19-8-4-3-5-9-19/h3-10,13,17,21H,11-12,14-16H2,1-2H3,(H,24,28)(H,25,27). The molecule has 0 radical (unpaired) electrons. The predicted octanol–water partition coefficient (Wildman–Crippen LogP) is 2.94. The third-order valence-electron chi connectivity index (χ3n) is 4.79. The number of benzene rings is 2. The normalized spacial score (nSPS) is 17.1. The first-order chi connectivity index (χ1) is 14.0. The van der Waals surface area contributed by atoms with Crippen molar-refractivity contribution in [2.75, 3.05) is 19.6 Å². The molecule has 1 atom stereocenters. The van der Waals surface area contributed by atoms with E-state index in [2.05, 4.69) is 15.5 Å². The zero-order valence-electron chi connectivity index (χ0n) is 17.1. The van der Waals surface area contributed by atoms with Crippen LogP contribution in [-0.4, -0.2) is 42.4 Å². The maximum absolute atomic E-state index is 12.4. The van der Waals surface area contributed by atoms with E-state index in [0.717, 1.165) is 17.1 Å². The summed E-state index contributed by atoms with van der Waals surface area (Å²) in [6.07, 6.45) is 0.165. The summed E-state index contributed by atoms with van der Waals surface area (Å²) in [7, 11) is 0. The van der Waals surface area contributed by atoms with Crippen molar-refractivity contribution in [2.45, 2.75) is 32.9 Å². The average molecular weight is 396 g/mol. The lowest BCUT2D eigenvalue weighted by Crippen LogP contribution is -2.56. The largest absolute Gasteiger partial charge is 0.457 e. The smallest absolute Gasteiger partial charge is 0.237 e. The number of carbonyl (C=O) groups is 2. The quantitative estimate of drug-likeness (QED) is 0.721. The summed E-state index contributed by atoms with van der Waals surface area (Å²) in [5, 5.41) is 5.78. The van der Waals surface area contributed by atoms with Gasteiger partial charge in [0.1, 0.15) is 11.5 Å². The van der Waals surface area contributed by atoms with Crippen LogP contribution in [0.5, 0.6) is 11.5 Å². The lowest BCUT2D eigenvalue weighted by molar-refractivity contribution is -0.134. The molecule has 0 saturated carbocycles. The fourth-order valence-corrected chi connectivity index (χ4v) is 3.31. The highest BCUT2D eigenvalue weighted by molar-refractivity contribution is 5.88. The van der Waals surface area contributed by atoms with Gasteiger partial charge in [0, 0.05) is 26.2 Å². The molecule has 154 valence electrons. The molecule has 2 amide bonds. The van der Waals surface area contributed by atoms with E-state index in [1.165, 1.54) is 0 Å². The van der Waals surface area contributed by atoms with E-state index in [4.69, 9.17) is 4.74 Å². The molecule has 2 N–H and O–H groups in total. The second-order valence-corrected chi connectivity index (χ2v) is 7.74. The number of hydrogen-bond donors (Lipinski definition) is 2. The fraction of sp³-hybridized carbons (Fsp3) is 0.391. The van der Waals surface area contributed by atoms with E-state index in [-0.39, 0.29) is 18.2 Å². The van der Waals surface area contributed by atoms with Crippen molar-refractivity contribution in [1.82, 2.24) is 15.5 Å². The lowest BCUT2D eigenvalue weighted by Gasteiger charge is -2.34. The molecule has 3 rings (SSSR count). The molecule has 29 heavy (non-hydrogen) atoms. The molecule has 1 fully saturated rings. The first kappa shape index (κ1) is 20.9. The minimum atomic E-state index is -0.463. The van der Waals surface area contributed by atoms with E-state index in [0.29, 0.717) is 32.1 Å². The van der Waals surface area contributed by atoms with Gasteiger partial charge in [-0.2, -0.15) is 0 Å². The number of nitrogens with one attached hydrogen (secondary N) is 2. The maximum atomic E-state index is 12.4. The van der Waals surface area contributed by atoms with Gasteiger partial charge in [0.15, 0.2) is 0 Å². The molecule has 6 heteroatoms. The Labute approximate surface area is 172 Å². The number of ether oxygens (including phenoxy) is 1. The zero-order valence-corrected chi connectivity index (χ0v) is 17.1. The van der Waals surface area contributed by atoms with Crippen LogP contribution in [0.25, 0.3) is 0 Å². The molecule has 2 aromatic rings. The Hall–Kier alpha value is -2.86. The Bertz CT molecular complexity index is 823. The SMILES string of the molecule is CC(C)CNC(=O)CC1C(=O)NCCN1Cc1cccc(Oc2ccccc2)c1. The molecule has 0 spiro atoms.